The van der Waals surface area contributed by atoms with Crippen molar-refractivity contribution in [3.05, 3.63) is 30.1 Å². The van der Waals surface area contributed by atoms with Gasteiger partial charge in [0.1, 0.15) is 5.82 Å². The molecule has 1 aromatic heterocycles. The summed E-state index contributed by atoms with van der Waals surface area (Å²) >= 11 is 0. The summed E-state index contributed by atoms with van der Waals surface area (Å²) in [5.74, 6) is 0.713. The average molecular weight is 215 g/mol. The van der Waals surface area contributed by atoms with Gasteiger partial charge < -0.3 is 9.67 Å². The second-order valence-electron chi connectivity index (χ2n) is 3.81. The van der Waals surface area contributed by atoms with E-state index in [9.17, 15) is 5.11 Å². The van der Waals surface area contributed by atoms with Gasteiger partial charge in [-0.3, -0.25) is 0 Å². The molecule has 1 heterocycles. The molecule has 0 aliphatic heterocycles. The molecule has 0 aliphatic rings. The van der Waals surface area contributed by atoms with E-state index in [0.717, 1.165) is 11.0 Å². The number of aromatic nitrogens is 2. The van der Waals surface area contributed by atoms with Gasteiger partial charge in [0.15, 0.2) is 0 Å². The van der Waals surface area contributed by atoms with Crippen LogP contribution in [0.25, 0.3) is 11.0 Å². The fourth-order valence-electron chi connectivity index (χ4n) is 1.80. The zero-order chi connectivity index (χ0) is 11.5. The van der Waals surface area contributed by atoms with Crippen LogP contribution < -0.4 is 0 Å². The van der Waals surface area contributed by atoms with E-state index in [2.05, 4.69) is 11.1 Å². The minimum Gasteiger partial charge on any atom is -0.392 e. The van der Waals surface area contributed by atoms with Crippen molar-refractivity contribution in [1.82, 2.24) is 9.55 Å². The van der Waals surface area contributed by atoms with E-state index in [1.54, 1.807) is 6.92 Å². The van der Waals surface area contributed by atoms with Gasteiger partial charge in [-0.05, 0) is 19.1 Å². The Morgan fingerprint density at radius 1 is 1.50 bits per heavy atom. The average Bonchev–Trinajstić information content (AvgIpc) is 2.57. The smallest absolute Gasteiger partial charge is 0.124 e. The lowest BCUT2D eigenvalue weighted by molar-refractivity contribution is 0.174. The van der Waals surface area contributed by atoms with Gasteiger partial charge in [-0.15, -0.1) is 0 Å². The van der Waals surface area contributed by atoms with Gasteiger partial charge in [-0.2, -0.15) is 5.26 Å². The van der Waals surface area contributed by atoms with Crippen molar-refractivity contribution in [2.45, 2.75) is 26.0 Å². The normalized spacial score (nSPS) is 12.6. The molecule has 0 amide bonds. The number of para-hydroxylation sites is 2. The predicted octanol–water partition coefficient (Wildman–Crippen LogP) is 1.48. The zero-order valence-corrected chi connectivity index (χ0v) is 9.09. The van der Waals surface area contributed by atoms with E-state index < -0.39 is 6.10 Å². The first kappa shape index (κ1) is 10.7. The first-order valence-corrected chi connectivity index (χ1v) is 5.21. The summed E-state index contributed by atoms with van der Waals surface area (Å²) in [4.78, 5) is 4.38. The van der Waals surface area contributed by atoms with Crippen molar-refractivity contribution in [2.24, 2.45) is 0 Å². The number of hydrogen-bond acceptors (Lipinski definition) is 3. The van der Waals surface area contributed by atoms with E-state index >= 15 is 0 Å². The molecule has 2 rings (SSSR count). The van der Waals surface area contributed by atoms with Gasteiger partial charge in [0.25, 0.3) is 0 Å². The Morgan fingerprint density at radius 2 is 2.25 bits per heavy atom. The lowest BCUT2D eigenvalue weighted by atomic mass is 10.3. The third kappa shape index (κ3) is 1.90. The molecule has 1 atom stereocenters. The molecule has 1 N–H and O–H groups in total. The number of nitriles is 1. The Balaban J connectivity index is 2.56. The molecule has 16 heavy (non-hydrogen) atoms. The van der Waals surface area contributed by atoms with Crippen molar-refractivity contribution < 1.29 is 5.11 Å². The summed E-state index contributed by atoms with van der Waals surface area (Å²) in [5.41, 5.74) is 1.84. The van der Waals surface area contributed by atoms with Crippen molar-refractivity contribution in [1.29, 1.82) is 5.26 Å². The highest BCUT2D eigenvalue weighted by molar-refractivity contribution is 5.75. The summed E-state index contributed by atoms with van der Waals surface area (Å²) in [6.07, 6.45) is -0.184. The minimum atomic E-state index is -0.449. The zero-order valence-electron chi connectivity index (χ0n) is 9.09. The van der Waals surface area contributed by atoms with Crippen LogP contribution in [0.5, 0.6) is 0 Å². The molecule has 1 aromatic carbocycles. The highest BCUT2D eigenvalue weighted by Gasteiger charge is 2.11. The van der Waals surface area contributed by atoms with E-state index in [0.29, 0.717) is 12.4 Å². The van der Waals surface area contributed by atoms with Crippen molar-refractivity contribution in [3.63, 3.8) is 0 Å². The van der Waals surface area contributed by atoms with E-state index in [1.165, 1.54) is 0 Å². The molecule has 4 heteroatoms. The Kier molecular flexibility index (Phi) is 2.88. The van der Waals surface area contributed by atoms with Crippen LogP contribution in [0.2, 0.25) is 0 Å². The SMILES string of the molecule is CC(O)Cn1c(CC#N)nc2ccccc21. The van der Waals surface area contributed by atoms with Crippen LogP contribution in [0.1, 0.15) is 12.7 Å². The number of nitrogens with zero attached hydrogens (tertiary/aromatic N) is 3. The van der Waals surface area contributed by atoms with Crippen LogP contribution >= 0.6 is 0 Å². The first-order chi connectivity index (χ1) is 7.72. The topological polar surface area (TPSA) is 61.8 Å². The molecule has 0 saturated carbocycles. The molecule has 0 spiro atoms. The van der Waals surface area contributed by atoms with Crippen LogP contribution in [0.15, 0.2) is 24.3 Å². The van der Waals surface area contributed by atoms with Crippen molar-refractivity contribution in [3.8, 4) is 6.07 Å². The lowest BCUT2D eigenvalue weighted by Gasteiger charge is -2.09. The third-order valence-corrected chi connectivity index (χ3v) is 2.42. The molecule has 0 fully saturated rings. The van der Waals surface area contributed by atoms with Gasteiger partial charge in [0.2, 0.25) is 0 Å². The molecule has 0 saturated heterocycles. The van der Waals surface area contributed by atoms with Crippen LogP contribution in [-0.2, 0) is 13.0 Å². The third-order valence-electron chi connectivity index (χ3n) is 2.42. The van der Waals surface area contributed by atoms with E-state index in [1.807, 2.05) is 28.8 Å². The monoisotopic (exact) mass is 215 g/mol. The first-order valence-electron chi connectivity index (χ1n) is 5.21. The maximum atomic E-state index is 9.44. The Morgan fingerprint density at radius 3 is 2.94 bits per heavy atom. The number of rotatable bonds is 3. The highest BCUT2D eigenvalue weighted by Crippen LogP contribution is 2.16. The molecule has 1 unspecified atom stereocenters. The van der Waals surface area contributed by atoms with Crippen LogP contribution in [0, 0.1) is 11.3 Å². The summed E-state index contributed by atoms with van der Waals surface area (Å²) in [7, 11) is 0. The maximum Gasteiger partial charge on any atom is 0.124 e. The van der Waals surface area contributed by atoms with E-state index in [-0.39, 0.29) is 6.42 Å². The molecular weight excluding hydrogens is 202 g/mol. The number of imidazole rings is 1. The van der Waals surface area contributed by atoms with Gasteiger partial charge in [0, 0.05) is 0 Å². The van der Waals surface area contributed by atoms with Crippen LogP contribution in [-0.4, -0.2) is 20.8 Å². The Hall–Kier alpha value is -1.86. The second-order valence-corrected chi connectivity index (χ2v) is 3.81. The molecule has 4 nitrogen and oxygen atoms in total. The largest absolute Gasteiger partial charge is 0.392 e. The van der Waals surface area contributed by atoms with Gasteiger partial charge in [0.05, 0.1) is 36.2 Å². The van der Waals surface area contributed by atoms with Crippen LogP contribution in [0.4, 0.5) is 0 Å². The van der Waals surface area contributed by atoms with Crippen LogP contribution in [0.3, 0.4) is 0 Å². The molecule has 2 aromatic rings. The van der Waals surface area contributed by atoms with Crippen molar-refractivity contribution >= 4 is 11.0 Å². The quantitative estimate of drug-likeness (QED) is 0.843. The van der Waals surface area contributed by atoms with Gasteiger partial charge in [-0.25, -0.2) is 4.98 Å². The Labute approximate surface area is 93.8 Å². The van der Waals surface area contributed by atoms with Gasteiger partial charge >= 0.3 is 0 Å². The predicted molar refractivity (Wildman–Crippen MR) is 60.7 cm³/mol. The molecular formula is C12H13N3O. The maximum absolute atomic E-state index is 9.44. The number of fused-ring (bicyclic) bond motifs is 1. The summed E-state index contributed by atoms with van der Waals surface area (Å²) in [6.45, 7) is 2.20. The van der Waals surface area contributed by atoms with Crippen molar-refractivity contribution in [2.75, 3.05) is 0 Å². The molecule has 82 valence electrons. The van der Waals surface area contributed by atoms with Gasteiger partial charge in [-0.1, -0.05) is 12.1 Å². The number of hydrogen-bond donors (Lipinski definition) is 1. The highest BCUT2D eigenvalue weighted by atomic mass is 16.3. The number of aliphatic hydroxyl groups excluding tert-OH is 1. The molecule has 0 radical (unpaired) electrons. The number of benzene rings is 1. The summed E-state index contributed by atoms with van der Waals surface area (Å²) < 4.78 is 1.91. The second kappa shape index (κ2) is 4.33. The fourth-order valence-corrected chi connectivity index (χ4v) is 1.80. The number of aliphatic hydroxyl groups is 1. The summed E-state index contributed by atoms with van der Waals surface area (Å²) in [5, 5.41) is 18.2. The lowest BCUT2D eigenvalue weighted by Crippen LogP contribution is -2.14. The summed E-state index contributed by atoms with van der Waals surface area (Å²) in [6, 6.07) is 9.80. The minimum absolute atomic E-state index is 0.265. The molecule has 0 aliphatic carbocycles. The molecule has 0 bridgehead atoms. The standard InChI is InChI=1S/C12H13N3O/c1-9(16)8-15-11-5-3-2-4-10(11)14-12(15)6-7-13/h2-5,9,16H,6,8H2,1H3. The fraction of sp³-hybridized carbons (Fsp3) is 0.333. The van der Waals surface area contributed by atoms with E-state index in [4.69, 9.17) is 5.26 Å². The Bertz CT molecular complexity index is 537.